The van der Waals surface area contributed by atoms with Crippen LogP contribution in [0.25, 0.3) is 0 Å². The van der Waals surface area contributed by atoms with E-state index < -0.39 is 0 Å². The van der Waals surface area contributed by atoms with Crippen molar-refractivity contribution in [1.29, 1.82) is 0 Å². The molecule has 20 heavy (non-hydrogen) atoms. The Morgan fingerprint density at radius 2 is 1.70 bits per heavy atom. The van der Waals surface area contributed by atoms with Crippen molar-refractivity contribution in [3.8, 4) is 0 Å². The molecule has 0 aromatic rings. The number of rotatable bonds is 7. The van der Waals surface area contributed by atoms with E-state index >= 15 is 0 Å². The predicted molar refractivity (Wildman–Crippen MR) is 84.5 cm³/mol. The van der Waals surface area contributed by atoms with Crippen LogP contribution in [-0.4, -0.2) is 55.0 Å². The lowest BCUT2D eigenvalue weighted by Crippen LogP contribution is -2.54. The van der Waals surface area contributed by atoms with Gasteiger partial charge in [0, 0.05) is 32.7 Å². The van der Waals surface area contributed by atoms with Crippen LogP contribution in [0.4, 0.5) is 0 Å². The van der Waals surface area contributed by atoms with Crippen molar-refractivity contribution in [2.75, 3.05) is 39.3 Å². The Morgan fingerprint density at radius 1 is 1.15 bits per heavy atom. The third kappa shape index (κ3) is 4.19. The highest BCUT2D eigenvalue weighted by atomic mass is 16.2. The highest BCUT2D eigenvalue weighted by Crippen LogP contribution is 2.28. The van der Waals surface area contributed by atoms with Gasteiger partial charge in [0.15, 0.2) is 0 Å². The maximum absolute atomic E-state index is 12.7. The van der Waals surface area contributed by atoms with Gasteiger partial charge in [0.1, 0.15) is 0 Å². The fraction of sp³-hybridized carbons (Fsp3) is 0.938. The third-order valence-electron chi connectivity index (χ3n) is 4.88. The highest BCUT2D eigenvalue weighted by Gasteiger charge is 2.37. The van der Waals surface area contributed by atoms with E-state index in [4.69, 9.17) is 5.73 Å². The highest BCUT2D eigenvalue weighted by molar-refractivity contribution is 5.83. The van der Waals surface area contributed by atoms with E-state index in [0.717, 1.165) is 51.5 Å². The Balaban J connectivity index is 2.50. The average Bonchev–Trinajstić information content (AvgIpc) is 2.48. The van der Waals surface area contributed by atoms with Crippen molar-refractivity contribution in [2.45, 2.75) is 47.0 Å². The molecular weight excluding hydrogens is 250 g/mol. The minimum absolute atomic E-state index is 0.272. The first-order valence-corrected chi connectivity index (χ1v) is 8.20. The summed E-state index contributed by atoms with van der Waals surface area (Å²) in [7, 11) is 0. The fourth-order valence-corrected chi connectivity index (χ4v) is 2.88. The number of carbonyl (C=O) groups excluding carboxylic acids is 1. The first kappa shape index (κ1) is 17.4. The molecule has 0 aromatic carbocycles. The van der Waals surface area contributed by atoms with E-state index in [-0.39, 0.29) is 11.3 Å². The molecule has 1 rings (SSSR count). The van der Waals surface area contributed by atoms with Gasteiger partial charge in [-0.3, -0.25) is 9.69 Å². The lowest BCUT2D eigenvalue weighted by molar-refractivity contribution is -0.144. The molecule has 0 unspecified atom stereocenters. The van der Waals surface area contributed by atoms with Crippen LogP contribution in [0.2, 0.25) is 0 Å². The van der Waals surface area contributed by atoms with Crippen LogP contribution < -0.4 is 5.73 Å². The molecule has 1 aliphatic rings. The Bertz CT molecular complexity index is 284. The van der Waals surface area contributed by atoms with Crippen molar-refractivity contribution < 1.29 is 4.79 Å². The Kier molecular flexibility index (Phi) is 6.96. The Labute approximate surface area is 124 Å². The maximum atomic E-state index is 12.7. The first-order chi connectivity index (χ1) is 9.49. The van der Waals surface area contributed by atoms with Gasteiger partial charge in [-0.15, -0.1) is 0 Å². The number of hydrogen-bond acceptors (Lipinski definition) is 3. The van der Waals surface area contributed by atoms with Gasteiger partial charge >= 0.3 is 0 Å². The minimum Gasteiger partial charge on any atom is -0.340 e. The van der Waals surface area contributed by atoms with Crippen LogP contribution in [0, 0.1) is 11.3 Å². The normalized spacial score (nSPS) is 17.8. The smallest absolute Gasteiger partial charge is 0.230 e. The molecule has 0 bridgehead atoms. The van der Waals surface area contributed by atoms with Crippen molar-refractivity contribution in [2.24, 2.45) is 17.1 Å². The molecule has 4 heteroatoms. The molecule has 118 valence electrons. The van der Waals surface area contributed by atoms with Crippen molar-refractivity contribution in [3.05, 3.63) is 0 Å². The molecule has 1 fully saturated rings. The first-order valence-electron chi connectivity index (χ1n) is 8.20. The zero-order chi connectivity index (χ0) is 15.2. The summed E-state index contributed by atoms with van der Waals surface area (Å²) in [5, 5.41) is 0. The average molecular weight is 283 g/mol. The van der Waals surface area contributed by atoms with Crippen LogP contribution >= 0.6 is 0 Å². The SMILES string of the molecule is CCC(CC)(CN)C(=O)N1CCN(CCC(C)C)CC1. The largest absolute Gasteiger partial charge is 0.340 e. The molecule has 1 amide bonds. The zero-order valence-electron chi connectivity index (χ0n) is 13.8. The molecule has 2 N–H and O–H groups in total. The number of carbonyl (C=O) groups is 1. The molecule has 1 aliphatic heterocycles. The van der Waals surface area contributed by atoms with E-state index in [1.165, 1.54) is 6.42 Å². The Morgan fingerprint density at radius 3 is 2.10 bits per heavy atom. The second-order valence-electron chi connectivity index (χ2n) is 6.51. The molecule has 0 spiro atoms. The van der Waals surface area contributed by atoms with Gasteiger partial charge in [-0.25, -0.2) is 0 Å². The summed E-state index contributed by atoms with van der Waals surface area (Å²) in [6.45, 7) is 14.0. The number of nitrogens with two attached hydrogens (primary N) is 1. The Hall–Kier alpha value is -0.610. The summed E-state index contributed by atoms with van der Waals surface area (Å²) < 4.78 is 0. The summed E-state index contributed by atoms with van der Waals surface area (Å²) in [5.74, 6) is 1.02. The lowest BCUT2D eigenvalue weighted by atomic mass is 9.81. The molecule has 0 aromatic heterocycles. The van der Waals surface area contributed by atoms with Gasteiger partial charge < -0.3 is 10.6 Å². The monoisotopic (exact) mass is 283 g/mol. The quantitative estimate of drug-likeness (QED) is 0.777. The summed E-state index contributed by atoms with van der Waals surface area (Å²) in [6, 6.07) is 0. The number of hydrogen-bond donors (Lipinski definition) is 1. The van der Waals surface area contributed by atoms with Gasteiger partial charge in [-0.1, -0.05) is 27.7 Å². The maximum Gasteiger partial charge on any atom is 0.230 e. The van der Waals surface area contributed by atoms with E-state index in [1.54, 1.807) is 0 Å². The van der Waals surface area contributed by atoms with Gasteiger partial charge in [-0.05, 0) is 31.7 Å². The molecule has 0 radical (unpaired) electrons. The number of piperazine rings is 1. The molecule has 0 saturated carbocycles. The van der Waals surface area contributed by atoms with Crippen molar-refractivity contribution >= 4 is 5.91 Å². The van der Waals surface area contributed by atoms with Gasteiger partial charge in [-0.2, -0.15) is 0 Å². The van der Waals surface area contributed by atoms with Gasteiger partial charge in [0.05, 0.1) is 5.41 Å². The number of amides is 1. The van der Waals surface area contributed by atoms with Crippen LogP contribution in [0.1, 0.15) is 47.0 Å². The van der Waals surface area contributed by atoms with Crippen LogP contribution in [0.3, 0.4) is 0 Å². The van der Waals surface area contributed by atoms with E-state index in [0.29, 0.717) is 6.54 Å². The second kappa shape index (κ2) is 7.99. The molecule has 1 saturated heterocycles. The van der Waals surface area contributed by atoms with Gasteiger partial charge in [0.25, 0.3) is 0 Å². The summed E-state index contributed by atoms with van der Waals surface area (Å²) >= 11 is 0. The molecule has 0 atom stereocenters. The summed E-state index contributed by atoms with van der Waals surface area (Å²) in [4.78, 5) is 17.2. The van der Waals surface area contributed by atoms with Crippen LogP contribution in [-0.2, 0) is 4.79 Å². The summed E-state index contributed by atoms with van der Waals surface area (Å²) in [6.07, 6.45) is 2.92. The molecule has 4 nitrogen and oxygen atoms in total. The molecule has 0 aliphatic carbocycles. The lowest BCUT2D eigenvalue weighted by Gasteiger charge is -2.40. The van der Waals surface area contributed by atoms with E-state index in [9.17, 15) is 4.79 Å². The standard InChI is InChI=1S/C16H33N3O/c1-5-16(6-2,13-17)15(20)19-11-9-18(10-12-19)8-7-14(3)4/h14H,5-13,17H2,1-4H3. The third-order valence-corrected chi connectivity index (χ3v) is 4.88. The van der Waals surface area contributed by atoms with Crippen LogP contribution in [0.5, 0.6) is 0 Å². The minimum atomic E-state index is -0.333. The van der Waals surface area contributed by atoms with Gasteiger partial charge in [0.2, 0.25) is 5.91 Å². The molecule has 1 heterocycles. The topological polar surface area (TPSA) is 49.6 Å². The number of nitrogens with zero attached hydrogens (tertiary/aromatic N) is 2. The van der Waals surface area contributed by atoms with Crippen molar-refractivity contribution in [1.82, 2.24) is 9.80 Å². The molecular formula is C16H33N3O. The van der Waals surface area contributed by atoms with E-state index in [2.05, 4.69) is 32.6 Å². The van der Waals surface area contributed by atoms with Crippen molar-refractivity contribution in [3.63, 3.8) is 0 Å². The fourth-order valence-electron chi connectivity index (χ4n) is 2.88. The zero-order valence-corrected chi connectivity index (χ0v) is 13.8. The second-order valence-corrected chi connectivity index (χ2v) is 6.51. The van der Waals surface area contributed by atoms with Crippen LogP contribution in [0.15, 0.2) is 0 Å². The summed E-state index contributed by atoms with van der Waals surface area (Å²) in [5.41, 5.74) is 5.55. The van der Waals surface area contributed by atoms with E-state index in [1.807, 2.05) is 4.90 Å². The predicted octanol–water partition coefficient (Wildman–Crippen LogP) is 1.94.